The molecular weight excluding hydrogens is 349 g/mol. The van der Waals surface area contributed by atoms with Crippen molar-refractivity contribution in [3.63, 3.8) is 0 Å². The van der Waals surface area contributed by atoms with Gasteiger partial charge >= 0.3 is 5.97 Å². The van der Waals surface area contributed by atoms with Crippen LogP contribution in [0.2, 0.25) is 0 Å². The Hall–Kier alpha value is -1.15. The summed E-state index contributed by atoms with van der Waals surface area (Å²) < 4.78 is 5.57. The van der Waals surface area contributed by atoms with Gasteiger partial charge in [-0.25, -0.2) is 4.79 Å². The number of carboxylic acids is 1. The highest BCUT2D eigenvalue weighted by molar-refractivity contribution is 14.1. The van der Waals surface area contributed by atoms with E-state index in [0.29, 0.717) is 5.56 Å². The minimum Gasteiger partial charge on any atom is -0.480 e. The van der Waals surface area contributed by atoms with Crippen molar-refractivity contribution in [1.29, 1.82) is 0 Å². The molecule has 0 aliphatic carbocycles. The topological polar surface area (TPSA) is 75.6 Å². The summed E-state index contributed by atoms with van der Waals surface area (Å²) in [6, 6.07) is 4.27. The number of ether oxygens (including phenoxy) is 1. The number of amides is 1. The summed E-state index contributed by atoms with van der Waals surface area (Å²) in [5.41, 5.74) is 1.44. The van der Waals surface area contributed by atoms with E-state index in [1.54, 1.807) is 12.1 Å². The highest BCUT2D eigenvalue weighted by atomic mass is 127. The number of benzene rings is 1. The molecule has 2 N–H and O–H groups in total. The van der Waals surface area contributed by atoms with Gasteiger partial charge in [0.1, 0.15) is 0 Å². The van der Waals surface area contributed by atoms with Gasteiger partial charge in [-0.2, -0.15) is 0 Å². The van der Waals surface area contributed by atoms with Crippen LogP contribution in [0.4, 0.5) is 0 Å². The van der Waals surface area contributed by atoms with Gasteiger partial charge in [0.2, 0.25) is 0 Å². The Morgan fingerprint density at radius 1 is 1.50 bits per heavy atom. The van der Waals surface area contributed by atoms with Gasteiger partial charge in [-0.15, -0.1) is 0 Å². The highest BCUT2D eigenvalue weighted by Gasteiger charge is 2.21. The van der Waals surface area contributed by atoms with Crippen molar-refractivity contribution >= 4 is 34.5 Å². The second-order valence-electron chi connectivity index (χ2n) is 3.76. The fraction of sp³-hybridized carbons (Fsp3) is 0.333. The maximum absolute atomic E-state index is 12.0. The van der Waals surface area contributed by atoms with Gasteiger partial charge in [-0.05, 0) is 41.1 Å². The molecule has 0 aromatic heterocycles. The van der Waals surface area contributed by atoms with Gasteiger partial charge in [-0.3, -0.25) is 4.79 Å². The molecule has 0 heterocycles. The van der Waals surface area contributed by atoms with Crippen LogP contribution in [0.1, 0.15) is 15.9 Å². The number of aliphatic carboxylic acids is 1. The van der Waals surface area contributed by atoms with E-state index in [0.717, 1.165) is 9.13 Å². The summed E-state index contributed by atoms with van der Waals surface area (Å²) >= 11 is 2.07. The first-order valence-corrected chi connectivity index (χ1v) is 6.33. The van der Waals surface area contributed by atoms with Crippen molar-refractivity contribution in [2.45, 2.75) is 13.0 Å². The molecular formula is C12H14INO4. The molecule has 0 saturated heterocycles. The summed E-state index contributed by atoms with van der Waals surface area (Å²) in [6.45, 7) is 1.83. The van der Waals surface area contributed by atoms with Gasteiger partial charge in [0.25, 0.3) is 5.91 Å². The molecule has 1 amide bonds. The van der Waals surface area contributed by atoms with Crippen LogP contribution in [0, 0.1) is 10.5 Å². The van der Waals surface area contributed by atoms with Gasteiger partial charge in [0.05, 0.1) is 12.2 Å². The lowest BCUT2D eigenvalue weighted by molar-refractivity contribution is -0.140. The number of rotatable bonds is 5. The van der Waals surface area contributed by atoms with Crippen molar-refractivity contribution in [2.24, 2.45) is 0 Å². The Morgan fingerprint density at radius 2 is 2.17 bits per heavy atom. The Morgan fingerprint density at radius 3 is 2.72 bits per heavy atom. The lowest BCUT2D eigenvalue weighted by atomic mass is 10.1. The molecule has 98 valence electrons. The Labute approximate surface area is 119 Å². The number of nitrogens with one attached hydrogen (secondary N) is 1. The number of hydrogen-bond donors (Lipinski definition) is 2. The minimum absolute atomic E-state index is 0.0660. The van der Waals surface area contributed by atoms with Crippen molar-refractivity contribution in [3.8, 4) is 0 Å². The first-order chi connectivity index (χ1) is 8.47. The fourth-order valence-electron chi connectivity index (χ4n) is 1.40. The molecule has 18 heavy (non-hydrogen) atoms. The number of hydrogen-bond acceptors (Lipinski definition) is 3. The molecule has 0 aliphatic heterocycles. The predicted molar refractivity (Wildman–Crippen MR) is 74.7 cm³/mol. The minimum atomic E-state index is -1.12. The smallest absolute Gasteiger partial charge is 0.328 e. The van der Waals surface area contributed by atoms with E-state index in [4.69, 9.17) is 9.84 Å². The number of carboxylic acid groups (broad SMARTS) is 1. The van der Waals surface area contributed by atoms with Crippen molar-refractivity contribution in [3.05, 3.63) is 32.9 Å². The molecule has 1 unspecified atom stereocenters. The molecule has 1 atom stereocenters. The van der Waals surface area contributed by atoms with Crippen LogP contribution in [-0.2, 0) is 9.53 Å². The van der Waals surface area contributed by atoms with Crippen LogP contribution < -0.4 is 5.32 Å². The van der Waals surface area contributed by atoms with Crippen molar-refractivity contribution in [1.82, 2.24) is 5.32 Å². The van der Waals surface area contributed by atoms with E-state index in [2.05, 4.69) is 27.9 Å². The third kappa shape index (κ3) is 3.67. The molecule has 0 bridgehead atoms. The first-order valence-electron chi connectivity index (χ1n) is 5.25. The fourth-order valence-corrected chi connectivity index (χ4v) is 2.00. The average molecular weight is 363 g/mol. The third-order valence-electron chi connectivity index (χ3n) is 2.37. The van der Waals surface area contributed by atoms with Crippen LogP contribution in [0.3, 0.4) is 0 Å². The van der Waals surface area contributed by atoms with Crippen LogP contribution in [-0.4, -0.2) is 36.7 Å². The maximum Gasteiger partial charge on any atom is 0.328 e. The lowest BCUT2D eigenvalue weighted by Crippen LogP contribution is -2.44. The van der Waals surface area contributed by atoms with Gasteiger partial charge in [0.15, 0.2) is 6.04 Å². The van der Waals surface area contributed by atoms with Crippen LogP contribution >= 0.6 is 22.6 Å². The normalized spacial score (nSPS) is 11.9. The SMILES string of the molecule is COCC(NC(=O)c1cccc(C)c1I)C(=O)O. The van der Waals surface area contributed by atoms with E-state index < -0.39 is 17.9 Å². The number of carbonyl (C=O) groups excluding carboxylic acids is 1. The second-order valence-corrected chi connectivity index (χ2v) is 4.83. The molecule has 0 spiro atoms. The Kier molecular flexibility index (Phi) is 5.54. The zero-order valence-electron chi connectivity index (χ0n) is 10.1. The highest BCUT2D eigenvalue weighted by Crippen LogP contribution is 2.16. The second kappa shape index (κ2) is 6.69. The van der Waals surface area contributed by atoms with E-state index in [9.17, 15) is 9.59 Å². The van der Waals surface area contributed by atoms with E-state index >= 15 is 0 Å². The molecule has 6 heteroatoms. The number of methoxy groups -OCH3 is 1. The summed E-state index contributed by atoms with van der Waals surface area (Å²) in [7, 11) is 1.39. The number of carbonyl (C=O) groups is 2. The summed E-state index contributed by atoms with van der Waals surface area (Å²) in [4.78, 5) is 22.9. The molecule has 5 nitrogen and oxygen atoms in total. The monoisotopic (exact) mass is 363 g/mol. The van der Waals surface area contributed by atoms with Gasteiger partial charge in [-0.1, -0.05) is 12.1 Å². The maximum atomic E-state index is 12.0. The van der Waals surface area contributed by atoms with E-state index in [1.165, 1.54) is 7.11 Å². The zero-order valence-corrected chi connectivity index (χ0v) is 12.2. The van der Waals surface area contributed by atoms with E-state index in [-0.39, 0.29) is 6.61 Å². The third-order valence-corrected chi connectivity index (χ3v) is 3.81. The quantitative estimate of drug-likeness (QED) is 0.777. The molecule has 1 rings (SSSR count). The number of halogens is 1. The predicted octanol–water partition coefficient (Wildman–Crippen LogP) is 1.43. The van der Waals surface area contributed by atoms with E-state index in [1.807, 2.05) is 13.0 Å². The largest absolute Gasteiger partial charge is 0.480 e. The summed E-state index contributed by atoms with van der Waals surface area (Å²) in [6.07, 6.45) is 0. The Balaban J connectivity index is 2.87. The van der Waals surface area contributed by atoms with Crippen LogP contribution in [0.15, 0.2) is 18.2 Å². The summed E-state index contributed by atoms with van der Waals surface area (Å²) in [5.74, 6) is -1.53. The molecule has 0 aliphatic rings. The van der Waals surface area contributed by atoms with Gasteiger partial charge < -0.3 is 15.2 Å². The standard InChI is InChI=1S/C12H14INO4/c1-7-4-3-5-8(10(7)13)11(15)14-9(6-18-2)12(16)17/h3-5,9H,6H2,1-2H3,(H,14,15)(H,16,17). The molecule has 0 saturated carbocycles. The van der Waals surface area contributed by atoms with Gasteiger partial charge in [0, 0.05) is 10.7 Å². The van der Waals surface area contributed by atoms with Crippen LogP contribution in [0.5, 0.6) is 0 Å². The Bertz CT molecular complexity index is 461. The van der Waals surface area contributed by atoms with Crippen molar-refractivity contribution < 1.29 is 19.4 Å². The summed E-state index contributed by atoms with van der Waals surface area (Å²) in [5, 5.41) is 11.4. The molecule has 0 fully saturated rings. The number of aryl methyl sites for hydroxylation is 1. The average Bonchev–Trinajstić information content (AvgIpc) is 2.31. The van der Waals surface area contributed by atoms with Crippen molar-refractivity contribution in [2.75, 3.05) is 13.7 Å². The first kappa shape index (κ1) is 14.9. The zero-order chi connectivity index (χ0) is 13.7. The molecule has 1 aromatic carbocycles. The molecule has 0 radical (unpaired) electrons. The lowest BCUT2D eigenvalue weighted by Gasteiger charge is -2.14. The molecule has 1 aromatic rings. The van der Waals surface area contributed by atoms with Crippen LogP contribution in [0.25, 0.3) is 0 Å².